The number of carbonyl (C=O) groups excluding carboxylic acids is 2. The number of aliphatic imine (C=N–C) groups is 1. The number of hydrogen-bond donors (Lipinski definition) is 3. The van der Waals surface area contributed by atoms with Crippen molar-refractivity contribution in [3.05, 3.63) is 29.8 Å². The number of aliphatic carboxylic acids is 1. The number of ether oxygens (including phenoxy) is 3. The molecule has 0 spiro atoms. The monoisotopic (exact) mass is 600 g/mol. The van der Waals surface area contributed by atoms with Gasteiger partial charge in [0.25, 0.3) is 0 Å². The molecule has 0 bridgehead atoms. The van der Waals surface area contributed by atoms with Crippen molar-refractivity contribution in [3.8, 4) is 5.75 Å². The summed E-state index contributed by atoms with van der Waals surface area (Å²) in [7, 11) is 3.28. The molecule has 0 saturated heterocycles. The van der Waals surface area contributed by atoms with Crippen LogP contribution in [0.2, 0.25) is 0 Å². The highest BCUT2D eigenvalue weighted by Crippen LogP contribution is 2.47. The van der Waals surface area contributed by atoms with Crippen molar-refractivity contribution in [2.24, 2.45) is 22.6 Å². The largest absolute Gasteiger partial charge is 0.490 e. The Bertz CT molecular complexity index is 1190. The van der Waals surface area contributed by atoms with Crippen LogP contribution in [0.1, 0.15) is 58.1 Å². The van der Waals surface area contributed by atoms with E-state index in [4.69, 9.17) is 29.8 Å². The van der Waals surface area contributed by atoms with Crippen LogP contribution in [0.4, 0.5) is 13.2 Å². The maximum absolute atomic E-state index is 13.4. The number of nitrogens with zero attached hydrogens (tertiary/aromatic N) is 2. The first kappa shape index (κ1) is 33.1. The van der Waals surface area contributed by atoms with Crippen LogP contribution >= 0.6 is 0 Å². The maximum atomic E-state index is 13.4. The van der Waals surface area contributed by atoms with Crippen molar-refractivity contribution < 1.29 is 46.9 Å². The van der Waals surface area contributed by atoms with E-state index in [1.54, 1.807) is 19.1 Å². The number of methoxy groups -OCH3 is 2. The Kier molecular flexibility index (Phi) is 10.1. The molecule has 11 nitrogen and oxygen atoms in total. The molecule has 42 heavy (non-hydrogen) atoms. The number of carbonyl (C=O) groups is 3. The molecule has 3 aliphatic rings. The van der Waals surface area contributed by atoms with Gasteiger partial charge in [-0.05, 0) is 45.6 Å². The SMILES string of the molecule is COCC[C@H]([C@@H]1C[C@H]1C(=O)NC1CC(C)(COC)Oc2ccccc21)N1C(=O)CC(C)(C)N=C1N.O=C(O)C(F)(F)F. The van der Waals surface area contributed by atoms with Crippen LogP contribution in [0.15, 0.2) is 29.3 Å². The Hall–Kier alpha value is -3.39. The number of carboxylic acid groups (broad SMARTS) is 1. The zero-order chi connectivity index (χ0) is 31.5. The van der Waals surface area contributed by atoms with Crippen molar-refractivity contribution >= 4 is 23.7 Å². The molecule has 2 amide bonds. The predicted molar refractivity (Wildman–Crippen MR) is 146 cm³/mol. The molecule has 2 heterocycles. The highest BCUT2D eigenvalue weighted by atomic mass is 19.4. The van der Waals surface area contributed by atoms with E-state index in [0.29, 0.717) is 32.5 Å². The van der Waals surface area contributed by atoms with E-state index < -0.39 is 23.3 Å². The minimum Gasteiger partial charge on any atom is -0.485 e. The summed E-state index contributed by atoms with van der Waals surface area (Å²) in [5.74, 6) is -2.03. The fourth-order valence-corrected chi connectivity index (χ4v) is 5.57. The first-order valence-electron chi connectivity index (χ1n) is 13.6. The molecule has 2 unspecified atom stereocenters. The van der Waals surface area contributed by atoms with Crippen LogP contribution in [0.25, 0.3) is 0 Å². The standard InChI is InChI=1S/C26H38N4O5.C2HF3O2/c1-25(2)14-22(31)30(24(27)29-25)20(10-11-33-4)17-12-18(17)23(32)28-19-13-26(3,15-34-5)35-21-9-7-6-8-16(19)21;3-2(4,5)1(6)7/h6-9,17-20H,10-15H2,1-5H3,(H2,27,29)(H,28,32);(H,6,7)/t17-,18-,19?,20-,26?;/m1./s1. The fraction of sp³-hybridized carbons (Fsp3) is 0.643. The number of guanidine groups is 1. The number of hydrogen-bond acceptors (Lipinski definition) is 8. The topological polar surface area (TPSA) is 153 Å². The number of nitrogens with two attached hydrogens (primary N) is 1. The summed E-state index contributed by atoms with van der Waals surface area (Å²) in [6.45, 7) is 6.69. The van der Waals surface area contributed by atoms with Gasteiger partial charge in [-0.1, -0.05) is 18.2 Å². The lowest BCUT2D eigenvalue weighted by Gasteiger charge is -2.40. The lowest BCUT2D eigenvalue weighted by Crippen LogP contribution is -2.55. The highest BCUT2D eigenvalue weighted by Gasteiger charge is 2.52. The van der Waals surface area contributed by atoms with Crippen LogP contribution < -0.4 is 15.8 Å². The second kappa shape index (κ2) is 12.9. The number of para-hydroxylation sites is 1. The summed E-state index contributed by atoms with van der Waals surface area (Å²) in [6, 6.07) is 7.38. The van der Waals surface area contributed by atoms with Gasteiger partial charge in [0.05, 0.1) is 24.6 Å². The van der Waals surface area contributed by atoms with Gasteiger partial charge in [-0.25, -0.2) is 9.79 Å². The quantitative estimate of drug-likeness (QED) is 0.391. The van der Waals surface area contributed by atoms with Crippen LogP contribution in [0, 0.1) is 11.8 Å². The number of nitrogens with one attached hydrogen (secondary N) is 1. The van der Waals surface area contributed by atoms with E-state index >= 15 is 0 Å². The number of amides is 2. The van der Waals surface area contributed by atoms with E-state index in [1.807, 2.05) is 45.0 Å². The normalized spacial score (nSPS) is 27.0. The summed E-state index contributed by atoms with van der Waals surface area (Å²) in [4.78, 5) is 41.5. The molecule has 234 valence electrons. The molecule has 1 aliphatic carbocycles. The van der Waals surface area contributed by atoms with E-state index in [2.05, 4.69) is 10.3 Å². The van der Waals surface area contributed by atoms with E-state index in [1.165, 1.54) is 0 Å². The Morgan fingerprint density at radius 1 is 1.24 bits per heavy atom. The molecule has 14 heteroatoms. The maximum Gasteiger partial charge on any atom is 0.490 e. The van der Waals surface area contributed by atoms with Gasteiger partial charge in [-0.15, -0.1) is 0 Å². The first-order valence-corrected chi connectivity index (χ1v) is 13.6. The average molecular weight is 601 g/mol. The van der Waals surface area contributed by atoms with Crippen molar-refractivity contribution in [3.63, 3.8) is 0 Å². The van der Waals surface area contributed by atoms with Gasteiger partial charge in [0.15, 0.2) is 5.96 Å². The molecule has 4 rings (SSSR count). The molecule has 1 saturated carbocycles. The summed E-state index contributed by atoms with van der Waals surface area (Å²) >= 11 is 0. The zero-order valence-electron chi connectivity index (χ0n) is 24.4. The second-order valence-corrected chi connectivity index (χ2v) is 11.7. The lowest BCUT2D eigenvalue weighted by atomic mass is 9.88. The molecule has 5 atom stereocenters. The van der Waals surface area contributed by atoms with Crippen LogP contribution in [0.5, 0.6) is 5.75 Å². The molecule has 1 aromatic carbocycles. The first-order chi connectivity index (χ1) is 19.5. The van der Waals surface area contributed by atoms with Gasteiger partial charge in [0, 0.05) is 44.8 Å². The number of alkyl halides is 3. The number of halogens is 3. The number of rotatable bonds is 9. The number of carboxylic acids is 1. The summed E-state index contributed by atoms with van der Waals surface area (Å²) in [5, 5.41) is 10.4. The molecule has 0 radical (unpaired) electrons. The van der Waals surface area contributed by atoms with Crippen molar-refractivity contribution in [1.29, 1.82) is 0 Å². The molecule has 0 aromatic heterocycles. The Balaban J connectivity index is 0.000000616. The van der Waals surface area contributed by atoms with E-state index in [9.17, 15) is 22.8 Å². The summed E-state index contributed by atoms with van der Waals surface area (Å²) in [6.07, 6.45) is -2.90. The van der Waals surface area contributed by atoms with Gasteiger partial charge in [-0.2, -0.15) is 13.2 Å². The van der Waals surface area contributed by atoms with Gasteiger partial charge in [0.1, 0.15) is 11.4 Å². The minimum absolute atomic E-state index is 0.00417. The van der Waals surface area contributed by atoms with Crippen molar-refractivity contribution in [1.82, 2.24) is 10.2 Å². The van der Waals surface area contributed by atoms with Gasteiger partial charge >= 0.3 is 12.1 Å². The molecule has 2 aliphatic heterocycles. The average Bonchev–Trinajstić information content (AvgIpc) is 3.65. The van der Waals surface area contributed by atoms with Crippen LogP contribution in [-0.4, -0.2) is 84.5 Å². The van der Waals surface area contributed by atoms with Gasteiger partial charge in [0.2, 0.25) is 11.8 Å². The van der Waals surface area contributed by atoms with Crippen molar-refractivity contribution in [2.75, 3.05) is 27.4 Å². The lowest BCUT2D eigenvalue weighted by molar-refractivity contribution is -0.192. The Morgan fingerprint density at radius 2 is 1.88 bits per heavy atom. The third-order valence-electron chi connectivity index (χ3n) is 7.43. The van der Waals surface area contributed by atoms with E-state index in [0.717, 1.165) is 11.3 Å². The molecular weight excluding hydrogens is 561 g/mol. The van der Waals surface area contributed by atoms with Crippen molar-refractivity contribution in [2.45, 2.75) is 75.9 Å². The zero-order valence-corrected chi connectivity index (χ0v) is 24.4. The van der Waals surface area contributed by atoms with E-state index in [-0.39, 0.29) is 48.1 Å². The molecule has 1 aromatic rings. The third-order valence-corrected chi connectivity index (χ3v) is 7.43. The van der Waals surface area contributed by atoms with Crippen LogP contribution in [0.3, 0.4) is 0 Å². The third kappa shape index (κ3) is 8.12. The molecular formula is C28H39F3N4O7. The molecule has 1 fully saturated rings. The van der Waals surface area contributed by atoms with Gasteiger partial charge in [-0.3, -0.25) is 14.5 Å². The van der Waals surface area contributed by atoms with Gasteiger partial charge < -0.3 is 30.4 Å². The molecule has 4 N–H and O–H groups in total. The smallest absolute Gasteiger partial charge is 0.485 e. The summed E-state index contributed by atoms with van der Waals surface area (Å²) < 4.78 is 48.6. The van der Waals surface area contributed by atoms with Crippen LogP contribution in [-0.2, 0) is 23.9 Å². The highest BCUT2D eigenvalue weighted by molar-refractivity contribution is 5.99. The Morgan fingerprint density at radius 3 is 2.45 bits per heavy atom. The minimum atomic E-state index is -5.08. The predicted octanol–water partition coefficient (Wildman–Crippen LogP) is 3.03. The second-order valence-electron chi connectivity index (χ2n) is 11.7. The summed E-state index contributed by atoms with van der Waals surface area (Å²) in [5.41, 5.74) is 6.16. The number of fused-ring (bicyclic) bond motifs is 1. The fourth-order valence-electron chi connectivity index (χ4n) is 5.57. The Labute approximate surface area is 242 Å². The number of benzene rings is 1.